The molecule has 0 atom stereocenters. The minimum absolute atomic E-state index is 0.0739. The summed E-state index contributed by atoms with van der Waals surface area (Å²) in [6.45, 7) is 0. The van der Waals surface area contributed by atoms with Crippen LogP contribution in [0.4, 0.5) is 5.69 Å². The number of rotatable bonds is 0. The van der Waals surface area contributed by atoms with Gasteiger partial charge in [0.15, 0.2) is 0 Å². The molecular weight excluding hydrogens is 190 g/mol. The van der Waals surface area contributed by atoms with Crippen LogP contribution < -0.4 is 11.3 Å². The van der Waals surface area contributed by atoms with E-state index >= 15 is 0 Å². The van der Waals surface area contributed by atoms with Gasteiger partial charge in [-0.3, -0.25) is 4.79 Å². The van der Waals surface area contributed by atoms with Gasteiger partial charge in [0.25, 0.3) is 5.56 Å². The minimum Gasteiger partial charge on any atom is -0.398 e. The molecule has 74 valence electrons. The highest BCUT2D eigenvalue weighted by atomic mass is 16.1. The number of nitrogens with one attached hydrogen (secondary N) is 2. The average Bonchev–Trinajstić information content (AvgIpc) is 2.61. The van der Waals surface area contributed by atoms with Gasteiger partial charge in [0, 0.05) is 39.8 Å². The van der Waals surface area contributed by atoms with E-state index in [-0.39, 0.29) is 5.56 Å². The van der Waals surface area contributed by atoms with E-state index < -0.39 is 0 Å². The summed E-state index contributed by atoms with van der Waals surface area (Å²) in [4.78, 5) is 17.2. The third-order valence-electron chi connectivity index (χ3n) is 2.63. The number of fused-ring (bicyclic) bond motifs is 3. The highest BCUT2D eigenvalue weighted by Crippen LogP contribution is 2.26. The Labute approximate surface area is 84.7 Å². The maximum absolute atomic E-state index is 11.4. The number of aromatic amines is 2. The minimum atomic E-state index is -0.0739. The van der Waals surface area contributed by atoms with E-state index in [1.807, 2.05) is 6.07 Å². The summed E-state index contributed by atoms with van der Waals surface area (Å²) in [6, 6.07) is 5.45. The van der Waals surface area contributed by atoms with E-state index in [2.05, 4.69) is 9.97 Å². The zero-order chi connectivity index (χ0) is 10.4. The van der Waals surface area contributed by atoms with Gasteiger partial charge in [-0.05, 0) is 18.2 Å². The number of anilines is 1. The fourth-order valence-corrected chi connectivity index (χ4v) is 1.92. The van der Waals surface area contributed by atoms with Crippen LogP contribution >= 0.6 is 0 Å². The van der Waals surface area contributed by atoms with Gasteiger partial charge in [-0.15, -0.1) is 0 Å². The topological polar surface area (TPSA) is 74.7 Å². The number of nitrogens with two attached hydrogens (primary N) is 1. The highest BCUT2D eigenvalue weighted by molar-refractivity contribution is 6.11. The summed E-state index contributed by atoms with van der Waals surface area (Å²) >= 11 is 0. The lowest BCUT2D eigenvalue weighted by molar-refractivity contribution is 1.33. The molecule has 0 bridgehead atoms. The lowest BCUT2D eigenvalue weighted by atomic mass is 10.1. The molecule has 0 saturated carbocycles. The van der Waals surface area contributed by atoms with Crippen molar-refractivity contribution in [1.29, 1.82) is 0 Å². The summed E-state index contributed by atoms with van der Waals surface area (Å²) < 4.78 is 0. The highest BCUT2D eigenvalue weighted by Gasteiger charge is 2.06. The predicted octanol–water partition coefficient (Wildman–Crippen LogP) is 1.59. The Morgan fingerprint density at radius 3 is 2.80 bits per heavy atom. The van der Waals surface area contributed by atoms with Crippen molar-refractivity contribution in [3.05, 3.63) is 40.9 Å². The van der Waals surface area contributed by atoms with Crippen LogP contribution in [-0.4, -0.2) is 9.97 Å². The summed E-state index contributed by atoms with van der Waals surface area (Å²) in [5, 5.41) is 2.44. The van der Waals surface area contributed by atoms with Crippen molar-refractivity contribution in [3.8, 4) is 0 Å². The second-order valence-corrected chi connectivity index (χ2v) is 3.50. The van der Waals surface area contributed by atoms with Gasteiger partial charge in [-0.25, -0.2) is 0 Å². The SMILES string of the molecule is Nc1cc[nH]c2ccc3c(=O)[nH]cc3c12. The molecule has 0 aliphatic heterocycles. The largest absolute Gasteiger partial charge is 0.398 e. The molecule has 0 aliphatic carbocycles. The molecule has 2 aromatic heterocycles. The number of hydrogen-bond donors (Lipinski definition) is 3. The van der Waals surface area contributed by atoms with Crippen molar-refractivity contribution >= 4 is 27.4 Å². The first-order chi connectivity index (χ1) is 7.27. The lowest BCUT2D eigenvalue weighted by Gasteiger charge is -2.02. The third-order valence-corrected chi connectivity index (χ3v) is 2.63. The lowest BCUT2D eigenvalue weighted by Crippen LogP contribution is -1.96. The Morgan fingerprint density at radius 1 is 1.07 bits per heavy atom. The van der Waals surface area contributed by atoms with Gasteiger partial charge in [0.2, 0.25) is 0 Å². The van der Waals surface area contributed by atoms with Crippen molar-refractivity contribution in [1.82, 2.24) is 9.97 Å². The Morgan fingerprint density at radius 2 is 1.93 bits per heavy atom. The molecule has 0 aliphatic rings. The van der Waals surface area contributed by atoms with Gasteiger partial charge >= 0.3 is 0 Å². The summed E-state index contributed by atoms with van der Waals surface area (Å²) in [5.74, 6) is 0. The van der Waals surface area contributed by atoms with E-state index in [1.54, 1.807) is 24.5 Å². The molecule has 0 saturated heterocycles. The molecule has 0 fully saturated rings. The Hall–Kier alpha value is -2.23. The molecule has 4 nitrogen and oxygen atoms in total. The first-order valence-electron chi connectivity index (χ1n) is 4.64. The molecule has 15 heavy (non-hydrogen) atoms. The molecule has 0 radical (unpaired) electrons. The van der Waals surface area contributed by atoms with Crippen LogP contribution in [0.15, 0.2) is 35.4 Å². The van der Waals surface area contributed by atoms with Gasteiger partial charge in [-0.1, -0.05) is 0 Å². The van der Waals surface area contributed by atoms with Gasteiger partial charge < -0.3 is 15.7 Å². The molecule has 0 spiro atoms. The average molecular weight is 199 g/mol. The zero-order valence-corrected chi connectivity index (χ0v) is 7.87. The Kier molecular flexibility index (Phi) is 1.42. The van der Waals surface area contributed by atoms with E-state index in [0.29, 0.717) is 11.1 Å². The maximum atomic E-state index is 11.4. The standard InChI is InChI=1S/C11H9N3O/c12-8-3-4-13-9-2-1-6-7(10(8)9)5-14-11(6)15/h1-5,13H,12H2,(H,14,15). The zero-order valence-electron chi connectivity index (χ0n) is 7.87. The second kappa shape index (κ2) is 2.63. The molecule has 4 N–H and O–H groups in total. The van der Waals surface area contributed by atoms with Gasteiger partial charge in [-0.2, -0.15) is 0 Å². The van der Waals surface area contributed by atoms with Crippen LogP contribution in [0.5, 0.6) is 0 Å². The Balaban J connectivity index is 2.70. The van der Waals surface area contributed by atoms with Crippen molar-refractivity contribution in [2.75, 3.05) is 5.73 Å². The van der Waals surface area contributed by atoms with Crippen LogP contribution in [0.25, 0.3) is 21.7 Å². The summed E-state index contributed by atoms with van der Waals surface area (Å²) in [7, 11) is 0. The fourth-order valence-electron chi connectivity index (χ4n) is 1.92. The Bertz CT molecular complexity index is 708. The van der Waals surface area contributed by atoms with Gasteiger partial charge in [0.05, 0.1) is 0 Å². The van der Waals surface area contributed by atoms with Crippen molar-refractivity contribution in [3.63, 3.8) is 0 Å². The van der Waals surface area contributed by atoms with Crippen molar-refractivity contribution < 1.29 is 0 Å². The van der Waals surface area contributed by atoms with E-state index in [4.69, 9.17) is 5.73 Å². The van der Waals surface area contributed by atoms with Crippen LogP contribution in [0, 0.1) is 0 Å². The number of H-pyrrole nitrogens is 2. The number of aromatic nitrogens is 2. The number of benzene rings is 1. The third kappa shape index (κ3) is 0.985. The number of nitrogen functional groups attached to an aromatic ring is 1. The van der Waals surface area contributed by atoms with E-state index in [1.165, 1.54) is 0 Å². The maximum Gasteiger partial charge on any atom is 0.255 e. The van der Waals surface area contributed by atoms with Crippen LogP contribution in [0.1, 0.15) is 0 Å². The molecule has 1 aromatic carbocycles. The monoisotopic (exact) mass is 199 g/mol. The van der Waals surface area contributed by atoms with Crippen LogP contribution in [0.2, 0.25) is 0 Å². The number of hydrogen-bond acceptors (Lipinski definition) is 2. The fraction of sp³-hybridized carbons (Fsp3) is 0. The molecule has 4 heteroatoms. The molecule has 0 amide bonds. The number of pyridine rings is 1. The van der Waals surface area contributed by atoms with Crippen molar-refractivity contribution in [2.24, 2.45) is 0 Å². The molecular formula is C11H9N3O. The summed E-state index contributed by atoms with van der Waals surface area (Å²) in [5.41, 5.74) is 7.43. The quantitative estimate of drug-likeness (QED) is 0.514. The first-order valence-corrected chi connectivity index (χ1v) is 4.64. The van der Waals surface area contributed by atoms with Crippen LogP contribution in [0.3, 0.4) is 0 Å². The smallest absolute Gasteiger partial charge is 0.255 e. The van der Waals surface area contributed by atoms with Crippen LogP contribution in [-0.2, 0) is 0 Å². The van der Waals surface area contributed by atoms with E-state index in [9.17, 15) is 4.79 Å². The van der Waals surface area contributed by atoms with E-state index in [0.717, 1.165) is 16.3 Å². The molecule has 3 rings (SSSR count). The van der Waals surface area contributed by atoms with Gasteiger partial charge in [0.1, 0.15) is 0 Å². The molecule has 3 aromatic rings. The van der Waals surface area contributed by atoms with Crippen molar-refractivity contribution in [2.45, 2.75) is 0 Å². The normalized spacial score (nSPS) is 11.2. The molecule has 2 heterocycles. The predicted molar refractivity (Wildman–Crippen MR) is 60.8 cm³/mol. The summed E-state index contributed by atoms with van der Waals surface area (Å²) in [6.07, 6.45) is 3.48. The second-order valence-electron chi connectivity index (χ2n) is 3.50. The first kappa shape index (κ1) is 8.11. The molecule has 0 unspecified atom stereocenters.